The number of fused-ring (bicyclic) bond motifs is 2. The monoisotopic (exact) mass is 479 g/mol. The molecule has 0 amide bonds. The number of benzene rings is 2. The highest BCUT2D eigenvalue weighted by molar-refractivity contribution is 7.90. The Morgan fingerprint density at radius 3 is 2.94 bits per heavy atom. The summed E-state index contributed by atoms with van der Waals surface area (Å²) in [7, 11) is -3.46. The van der Waals surface area contributed by atoms with E-state index < -0.39 is 9.84 Å². The third-order valence-corrected chi connectivity index (χ3v) is 7.21. The molecule has 0 unspecified atom stereocenters. The van der Waals surface area contributed by atoms with Gasteiger partial charge in [-0.15, -0.1) is 0 Å². The zero-order chi connectivity index (χ0) is 23.9. The van der Waals surface area contributed by atoms with Gasteiger partial charge >= 0.3 is 0 Å². The fourth-order valence-electron chi connectivity index (χ4n) is 4.42. The molecule has 0 bridgehead atoms. The van der Waals surface area contributed by atoms with Crippen LogP contribution in [0.15, 0.2) is 41.6 Å². The Kier molecular flexibility index (Phi) is 5.77. The van der Waals surface area contributed by atoms with Crippen LogP contribution in [0.3, 0.4) is 0 Å². The van der Waals surface area contributed by atoms with Gasteiger partial charge in [-0.1, -0.05) is 0 Å². The molecule has 9 nitrogen and oxygen atoms in total. The number of nitriles is 1. The summed E-state index contributed by atoms with van der Waals surface area (Å²) in [5, 5.41) is 19.2. The first-order valence-corrected chi connectivity index (χ1v) is 12.9. The minimum absolute atomic E-state index is 0.107. The summed E-state index contributed by atoms with van der Waals surface area (Å²) in [6, 6.07) is 9.29. The zero-order valence-electron chi connectivity index (χ0n) is 19.0. The first-order valence-electron chi connectivity index (χ1n) is 11.0. The van der Waals surface area contributed by atoms with Crippen molar-refractivity contribution in [2.75, 3.05) is 32.6 Å². The van der Waals surface area contributed by atoms with Crippen molar-refractivity contribution in [1.29, 1.82) is 5.26 Å². The fraction of sp³-hybridized carbons (Fsp3) is 0.333. The minimum Gasteiger partial charge on any atom is -0.487 e. The van der Waals surface area contributed by atoms with Crippen molar-refractivity contribution >= 4 is 31.6 Å². The molecule has 176 valence electrons. The number of H-pyrrole nitrogens is 1. The van der Waals surface area contributed by atoms with Gasteiger partial charge in [-0.25, -0.2) is 8.42 Å². The van der Waals surface area contributed by atoms with Crippen LogP contribution in [0.2, 0.25) is 0 Å². The van der Waals surface area contributed by atoms with Crippen molar-refractivity contribution in [3.05, 3.63) is 53.3 Å². The summed E-state index contributed by atoms with van der Waals surface area (Å²) >= 11 is 0. The lowest BCUT2D eigenvalue weighted by molar-refractivity contribution is 0.000417. The quantitative estimate of drug-likeness (QED) is 0.436. The Labute approximate surface area is 197 Å². The van der Waals surface area contributed by atoms with Gasteiger partial charge in [-0.05, 0) is 36.8 Å². The van der Waals surface area contributed by atoms with Gasteiger partial charge in [0.2, 0.25) is 0 Å². The van der Waals surface area contributed by atoms with Crippen LogP contribution in [0, 0.1) is 18.3 Å². The van der Waals surface area contributed by atoms with Gasteiger partial charge in [0.25, 0.3) is 0 Å². The Morgan fingerprint density at radius 2 is 2.21 bits per heavy atom. The lowest BCUT2D eigenvalue weighted by Gasteiger charge is -2.23. The van der Waals surface area contributed by atoms with Gasteiger partial charge in [0.15, 0.2) is 15.6 Å². The lowest BCUT2D eigenvalue weighted by atomic mass is 10.1. The number of hydrogen-bond acceptors (Lipinski definition) is 7. The smallest absolute Gasteiger partial charge is 0.175 e. The number of aromatic amines is 1. The van der Waals surface area contributed by atoms with Crippen LogP contribution in [-0.2, 0) is 21.1 Å². The largest absolute Gasteiger partial charge is 0.487 e. The maximum absolute atomic E-state index is 12.6. The Bertz CT molecular complexity index is 1520. The van der Waals surface area contributed by atoms with Crippen molar-refractivity contribution in [2.24, 2.45) is 0 Å². The second-order valence-corrected chi connectivity index (χ2v) is 10.5. The average molecular weight is 480 g/mol. The van der Waals surface area contributed by atoms with Crippen molar-refractivity contribution in [3.63, 3.8) is 0 Å². The van der Waals surface area contributed by atoms with Crippen molar-refractivity contribution in [1.82, 2.24) is 20.1 Å². The van der Waals surface area contributed by atoms with E-state index >= 15 is 0 Å². The maximum Gasteiger partial charge on any atom is 0.175 e. The van der Waals surface area contributed by atoms with E-state index in [1.807, 2.05) is 25.3 Å². The van der Waals surface area contributed by atoms with Crippen LogP contribution in [0.25, 0.3) is 21.8 Å². The van der Waals surface area contributed by atoms with Gasteiger partial charge in [0.1, 0.15) is 24.3 Å². The molecule has 0 spiro atoms. The highest BCUT2D eigenvalue weighted by Gasteiger charge is 2.21. The summed E-state index contributed by atoms with van der Waals surface area (Å²) in [6.07, 6.45) is 4.76. The molecule has 34 heavy (non-hydrogen) atoms. The Balaban J connectivity index is 1.55. The molecule has 1 atom stereocenters. The number of aromatic nitrogens is 3. The normalized spacial score (nSPS) is 16.7. The predicted molar refractivity (Wildman–Crippen MR) is 128 cm³/mol. The summed E-state index contributed by atoms with van der Waals surface area (Å²) in [5.41, 5.74) is 3.38. The van der Waals surface area contributed by atoms with Crippen molar-refractivity contribution < 1.29 is 17.9 Å². The van der Waals surface area contributed by atoms with Crippen LogP contribution in [0.4, 0.5) is 0 Å². The van der Waals surface area contributed by atoms with E-state index in [4.69, 9.17) is 14.6 Å². The number of hydrogen-bond donors (Lipinski definition) is 2. The maximum atomic E-state index is 12.6. The van der Waals surface area contributed by atoms with Crippen LogP contribution in [0.1, 0.15) is 16.7 Å². The molecule has 2 aromatic carbocycles. The number of aryl methyl sites for hydroxylation is 1. The molecule has 2 aromatic heterocycles. The molecular weight excluding hydrogens is 454 g/mol. The van der Waals surface area contributed by atoms with E-state index in [1.165, 1.54) is 6.26 Å². The van der Waals surface area contributed by atoms with Crippen molar-refractivity contribution in [2.45, 2.75) is 24.5 Å². The molecule has 5 rings (SSSR count). The van der Waals surface area contributed by atoms with E-state index in [0.29, 0.717) is 42.2 Å². The third-order valence-electron chi connectivity index (χ3n) is 6.05. The van der Waals surface area contributed by atoms with Crippen molar-refractivity contribution in [3.8, 4) is 11.8 Å². The number of ether oxygens (including phenoxy) is 2. The summed E-state index contributed by atoms with van der Waals surface area (Å²) in [4.78, 5) is 3.48. The van der Waals surface area contributed by atoms with Gasteiger partial charge in [0, 0.05) is 53.6 Å². The molecule has 0 radical (unpaired) electrons. The van der Waals surface area contributed by atoms with E-state index in [9.17, 15) is 13.7 Å². The molecule has 4 aromatic rings. The molecule has 1 aliphatic heterocycles. The topological polar surface area (TPSA) is 122 Å². The first-order chi connectivity index (χ1) is 16.3. The third kappa shape index (κ3) is 4.14. The number of nitrogens with zero attached hydrogens (tertiary/aromatic N) is 3. The van der Waals surface area contributed by atoms with Crippen LogP contribution < -0.4 is 10.1 Å². The Morgan fingerprint density at radius 1 is 1.35 bits per heavy atom. The van der Waals surface area contributed by atoms with E-state index in [2.05, 4.69) is 16.4 Å². The van der Waals surface area contributed by atoms with E-state index in [0.717, 1.165) is 28.4 Å². The molecule has 1 fully saturated rings. The lowest BCUT2D eigenvalue weighted by Crippen LogP contribution is -2.41. The zero-order valence-corrected chi connectivity index (χ0v) is 19.8. The fourth-order valence-corrected chi connectivity index (χ4v) is 5.43. The highest BCUT2D eigenvalue weighted by atomic mass is 32.2. The molecule has 0 saturated carbocycles. The highest BCUT2D eigenvalue weighted by Crippen LogP contribution is 2.32. The summed E-state index contributed by atoms with van der Waals surface area (Å²) < 4.78 is 38.6. The van der Waals surface area contributed by atoms with Gasteiger partial charge < -0.3 is 19.8 Å². The number of rotatable bonds is 6. The summed E-state index contributed by atoms with van der Waals surface area (Å²) in [6.45, 7) is 4.54. The molecule has 3 heterocycles. The second-order valence-electron chi connectivity index (χ2n) is 8.54. The second kappa shape index (κ2) is 8.76. The van der Waals surface area contributed by atoms with Gasteiger partial charge in [0.05, 0.1) is 23.6 Å². The number of nitrogens with one attached hydrogen (secondary N) is 2. The van der Waals surface area contributed by atoms with E-state index in [1.54, 1.807) is 23.0 Å². The standard InChI is InChI=1S/C24H25N5O4S/c1-15-9-21(34(2,30)31)20(19-5-6-27-22(15)19)13-29-12-17-4-3-16(10-25)24(23(17)28-29)33-14-18-11-26-7-8-32-18/h3-6,9,12,18,26-27H,7-8,11,13-14H2,1-2H3/t18-/m1/s1. The SMILES string of the molecule is Cc1cc(S(C)(=O)=O)c(Cn2cc3ccc(C#N)c(OC[C@H]4CNCCO4)c3n2)c2cc[nH]c12. The predicted octanol–water partition coefficient (Wildman–Crippen LogP) is 2.52. The van der Waals surface area contributed by atoms with Crippen LogP contribution in [-0.4, -0.2) is 61.8 Å². The molecule has 2 N–H and O–H groups in total. The first kappa shape index (κ1) is 22.4. The average Bonchev–Trinajstić information content (AvgIpc) is 3.46. The number of sulfone groups is 1. The molecule has 10 heteroatoms. The minimum atomic E-state index is -3.46. The molecular formula is C24H25N5O4S. The number of morpholine rings is 1. The van der Waals surface area contributed by atoms with Crippen LogP contribution in [0.5, 0.6) is 5.75 Å². The van der Waals surface area contributed by atoms with Gasteiger partial charge in [-0.2, -0.15) is 10.4 Å². The molecule has 1 aliphatic rings. The molecule has 0 aliphatic carbocycles. The van der Waals surface area contributed by atoms with E-state index in [-0.39, 0.29) is 17.5 Å². The molecule has 1 saturated heterocycles. The summed E-state index contributed by atoms with van der Waals surface area (Å²) in [5.74, 6) is 0.409. The van der Waals surface area contributed by atoms with Gasteiger partial charge in [-0.3, -0.25) is 4.68 Å². The Hall–Kier alpha value is -3.39. The van der Waals surface area contributed by atoms with Crippen LogP contribution >= 0.6 is 0 Å².